The van der Waals surface area contributed by atoms with Gasteiger partial charge in [0.25, 0.3) is 0 Å². The van der Waals surface area contributed by atoms with E-state index in [2.05, 4.69) is 27.4 Å². The molecule has 2 aromatic heterocycles. The van der Waals surface area contributed by atoms with E-state index < -0.39 is 0 Å². The van der Waals surface area contributed by atoms with Gasteiger partial charge in [-0.15, -0.1) is 0 Å². The molecule has 0 radical (unpaired) electrons. The van der Waals surface area contributed by atoms with Gasteiger partial charge in [0.05, 0.1) is 6.20 Å². The molecule has 0 bridgehead atoms. The van der Waals surface area contributed by atoms with Crippen molar-refractivity contribution in [1.29, 1.82) is 0 Å². The monoisotopic (exact) mass is 228 g/mol. The first-order valence-corrected chi connectivity index (χ1v) is 5.79. The summed E-state index contributed by atoms with van der Waals surface area (Å²) in [4.78, 5) is 4.03. The van der Waals surface area contributed by atoms with Gasteiger partial charge in [-0.3, -0.25) is 4.98 Å². The molecule has 2 rings (SSSR count). The smallest absolute Gasteiger partial charge is 0.0544 e. The summed E-state index contributed by atoms with van der Waals surface area (Å²) < 4.78 is 0. The van der Waals surface area contributed by atoms with Crippen LogP contribution in [0, 0.1) is 0 Å². The second-order valence-corrected chi connectivity index (χ2v) is 3.85. The highest BCUT2D eigenvalue weighted by atomic mass is 15.1. The predicted octanol–water partition coefficient (Wildman–Crippen LogP) is 1.76. The van der Waals surface area contributed by atoms with Crippen LogP contribution < -0.4 is 5.32 Å². The molecule has 0 aromatic carbocycles. The fourth-order valence-corrected chi connectivity index (χ4v) is 1.82. The quantitative estimate of drug-likeness (QED) is 0.847. The Labute approximate surface area is 101 Å². The molecule has 2 aromatic rings. The molecule has 4 nitrogen and oxygen atoms in total. The van der Waals surface area contributed by atoms with E-state index in [4.69, 9.17) is 0 Å². The Hall–Kier alpha value is -1.81. The van der Waals surface area contributed by atoms with Crippen molar-refractivity contribution >= 4 is 0 Å². The summed E-state index contributed by atoms with van der Waals surface area (Å²) in [6.45, 7) is 3.03. The molecule has 0 aliphatic rings. The summed E-state index contributed by atoms with van der Waals surface area (Å²) in [6, 6.07) is 6.36. The van der Waals surface area contributed by atoms with Crippen molar-refractivity contribution in [2.75, 3.05) is 6.54 Å². The van der Waals surface area contributed by atoms with Crippen molar-refractivity contribution in [1.82, 2.24) is 20.5 Å². The Kier molecular flexibility index (Phi) is 4.16. The van der Waals surface area contributed by atoms with Crippen LogP contribution in [0.5, 0.6) is 0 Å². The molecule has 2 heterocycles. The van der Waals surface area contributed by atoms with Crippen LogP contribution in [0.2, 0.25) is 0 Å². The van der Waals surface area contributed by atoms with Gasteiger partial charge in [0.2, 0.25) is 0 Å². The fraction of sp³-hybridized carbons (Fsp3) is 0.308. The Morgan fingerprint density at radius 2 is 1.94 bits per heavy atom. The fourth-order valence-electron chi connectivity index (χ4n) is 1.82. The van der Waals surface area contributed by atoms with Gasteiger partial charge < -0.3 is 5.32 Å². The number of hydrogen-bond acceptors (Lipinski definition) is 4. The molecule has 0 spiro atoms. The largest absolute Gasteiger partial charge is 0.310 e. The topological polar surface area (TPSA) is 50.7 Å². The SMILES string of the molecule is CCNC(Cc1ccncc1)c1ccnnc1. The van der Waals surface area contributed by atoms with E-state index in [1.54, 1.807) is 6.20 Å². The van der Waals surface area contributed by atoms with Crippen LogP contribution in [-0.2, 0) is 6.42 Å². The van der Waals surface area contributed by atoms with Crippen LogP contribution >= 0.6 is 0 Å². The number of pyridine rings is 1. The Morgan fingerprint density at radius 3 is 2.59 bits per heavy atom. The van der Waals surface area contributed by atoms with Crippen LogP contribution in [0.4, 0.5) is 0 Å². The maximum atomic E-state index is 4.03. The zero-order valence-corrected chi connectivity index (χ0v) is 9.87. The minimum atomic E-state index is 0.276. The van der Waals surface area contributed by atoms with Crippen LogP contribution in [0.3, 0.4) is 0 Å². The van der Waals surface area contributed by atoms with Gasteiger partial charge in [-0.1, -0.05) is 6.92 Å². The summed E-state index contributed by atoms with van der Waals surface area (Å²) in [5.41, 5.74) is 2.43. The molecule has 0 fully saturated rings. The van der Waals surface area contributed by atoms with Gasteiger partial charge in [-0.05, 0) is 42.3 Å². The van der Waals surface area contributed by atoms with E-state index >= 15 is 0 Å². The lowest BCUT2D eigenvalue weighted by Gasteiger charge is -2.17. The summed E-state index contributed by atoms with van der Waals surface area (Å²) >= 11 is 0. The Balaban J connectivity index is 2.13. The van der Waals surface area contributed by atoms with Crippen LogP contribution in [0.25, 0.3) is 0 Å². The van der Waals surface area contributed by atoms with Gasteiger partial charge in [0.15, 0.2) is 0 Å². The molecule has 1 unspecified atom stereocenters. The van der Waals surface area contributed by atoms with Gasteiger partial charge in [-0.2, -0.15) is 10.2 Å². The van der Waals surface area contributed by atoms with E-state index in [0.29, 0.717) is 0 Å². The molecule has 17 heavy (non-hydrogen) atoms. The van der Waals surface area contributed by atoms with Gasteiger partial charge in [0, 0.05) is 24.6 Å². The predicted molar refractivity (Wildman–Crippen MR) is 66.4 cm³/mol. The highest BCUT2D eigenvalue weighted by molar-refractivity contribution is 5.18. The molecule has 1 atom stereocenters. The molecule has 0 aliphatic carbocycles. The molecule has 0 saturated heterocycles. The van der Waals surface area contributed by atoms with Crippen LogP contribution in [0.1, 0.15) is 24.1 Å². The highest BCUT2D eigenvalue weighted by Crippen LogP contribution is 2.16. The number of nitrogens with one attached hydrogen (secondary N) is 1. The Morgan fingerprint density at radius 1 is 1.12 bits per heavy atom. The summed E-state index contributed by atoms with van der Waals surface area (Å²) in [6.07, 6.45) is 8.12. The van der Waals surface area contributed by atoms with Gasteiger partial charge >= 0.3 is 0 Å². The molecule has 0 amide bonds. The first kappa shape index (κ1) is 11.7. The molecule has 0 saturated carbocycles. The normalized spacial score (nSPS) is 12.3. The van der Waals surface area contributed by atoms with Crippen molar-refractivity contribution in [3.05, 3.63) is 54.1 Å². The number of aromatic nitrogens is 3. The number of likely N-dealkylation sites (N-methyl/N-ethyl adjacent to an activating group) is 1. The standard InChI is InChI=1S/C13H16N4/c1-2-15-13(12-5-8-16-17-10-12)9-11-3-6-14-7-4-11/h3-8,10,13,15H,2,9H2,1H3. The van der Waals surface area contributed by atoms with Crippen LogP contribution in [-0.4, -0.2) is 21.7 Å². The summed E-state index contributed by atoms with van der Waals surface area (Å²) in [5, 5.41) is 11.2. The van der Waals surface area contributed by atoms with Crippen molar-refractivity contribution in [2.24, 2.45) is 0 Å². The highest BCUT2D eigenvalue weighted by Gasteiger charge is 2.10. The van der Waals surface area contributed by atoms with Gasteiger partial charge in [0.1, 0.15) is 0 Å². The Bertz CT molecular complexity index is 430. The maximum absolute atomic E-state index is 4.03. The molecule has 88 valence electrons. The zero-order valence-electron chi connectivity index (χ0n) is 9.87. The summed E-state index contributed by atoms with van der Waals surface area (Å²) in [5.74, 6) is 0. The average Bonchev–Trinajstić information content (AvgIpc) is 2.40. The average molecular weight is 228 g/mol. The van der Waals surface area contributed by atoms with E-state index in [-0.39, 0.29) is 6.04 Å². The molecular formula is C13H16N4. The zero-order chi connectivity index (χ0) is 11.9. The molecule has 1 N–H and O–H groups in total. The third kappa shape index (κ3) is 3.32. The first-order chi connectivity index (χ1) is 8.40. The van der Waals surface area contributed by atoms with E-state index in [9.17, 15) is 0 Å². The second-order valence-electron chi connectivity index (χ2n) is 3.85. The van der Waals surface area contributed by atoms with Crippen molar-refractivity contribution < 1.29 is 0 Å². The second kappa shape index (κ2) is 6.06. The van der Waals surface area contributed by atoms with E-state index in [1.165, 1.54) is 11.1 Å². The molecule has 4 heteroatoms. The van der Waals surface area contributed by atoms with E-state index in [0.717, 1.165) is 13.0 Å². The molecular weight excluding hydrogens is 212 g/mol. The lowest BCUT2D eigenvalue weighted by molar-refractivity contribution is 0.546. The minimum Gasteiger partial charge on any atom is -0.310 e. The maximum Gasteiger partial charge on any atom is 0.0544 e. The lowest BCUT2D eigenvalue weighted by Crippen LogP contribution is -2.23. The van der Waals surface area contributed by atoms with Crippen molar-refractivity contribution in [2.45, 2.75) is 19.4 Å². The van der Waals surface area contributed by atoms with Crippen molar-refractivity contribution in [3.8, 4) is 0 Å². The third-order valence-corrected chi connectivity index (χ3v) is 2.65. The van der Waals surface area contributed by atoms with Crippen LogP contribution in [0.15, 0.2) is 43.0 Å². The van der Waals surface area contributed by atoms with Crippen molar-refractivity contribution in [3.63, 3.8) is 0 Å². The first-order valence-electron chi connectivity index (χ1n) is 5.79. The minimum absolute atomic E-state index is 0.276. The lowest BCUT2D eigenvalue weighted by atomic mass is 10.0. The number of rotatable bonds is 5. The number of hydrogen-bond donors (Lipinski definition) is 1. The summed E-state index contributed by atoms with van der Waals surface area (Å²) in [7, 11) is 0. The molecule has 0 aliphatic heterocycles. The van der Waals surface area contributed by atoms with Gasteiger partial charge in [-0.25, -0.2) is 0 Å². The third-order valence-electron chi connectivity index (χ3n) is 2.65. The van der Waals surface area contributed by atoms with E-state index in [1.807, 2.05) is 36.8 Å². The number of nitrogens with zero attached hydrogens (tertiary/aromatic N) is 3.